The number of unbranched alkanes of at least 4 members (excludes halogenated alkanes) is 1. The number of carbonyl (C=O) groups is 2. The molecule has 2 aromatic rings. The Morgan fingerprint density at radius 3 is 2.48 bits per heavy atom. The number of nitrogens with one attached hydrogen (secondary N) is 2. The maximum Gasteiger partial charge on any atom is 0.276 e. The van der Waals surface area contributed by atoms with Crippen LogP contribution in [-0.4, -0.2) is 25.0 Å². The molecule has 0 aromatic heterocycles. The summed E-state index contributed by atoms with van der Waals surface area (Å²) >= 11 is 9.16. The average Bonchev–Trinajstić information content (AvgIpc) is 2.67. The Kier molecular flexibility index (Phi) is 8.42. The van der Waals surface area contributed by atoms with E-state index in [1.807, 2.05) is 0 Å². The van der Waals surface area contributed by atoms with E-state index in [1.54, 1.807) is 42.5 Å². The molecule has 0 aliphatic carbocycles. The zero-order valence-electron chi connectivity index (χ0n) is 14.8. The molecule has 6 nitrogen and oxygen atoms in total. The van der Waals surface area contributed by atoms with Crippen molar-refractivity contribution in [1.29, 1.82) is 0 Å². The fraction of sp³-hybridized carbons (Fsp3) is 0.263. The Morgan fingerprint density at radius 1 is 1.07 bits per heavy atom. The molecule has 0 fully saturated rings. The summed E-state index contributed by atoms with van der Waals surface area (Å²) in [5, 5.41) is 0.576. The van der Waals surface area contributed by atoms with E-state index in [0.29, 0.717) is 33.2 Å². The van der Waals surface area contributed by atoms with Gasteiger partial charge in [-0.05, 0) is 64.8 Å². The molecule has 0 saturated heterocycles. The quantitative estimate of drug-likeness (QED) is 0.464. The van der Waals surface area contributed by atoms with Crippen LogP contribution >= 0.6 is 27.5 Å². The first-order valence-electron chi connectivity index (χ1n) is 8.39. The van der Waals surface area contributed by atoms with Gasteiger partial charge in [-0.25, -0.2) is 0 Å². The van der Waals surface area contributed by atoms with Crippen molar-refractivity contribution in [3.05, 3.63) is 57.5 Å². The summed E-state index contributed by atoms with van der Waals surface area (Å²) in [4.78, 5) is 23.9. The van der Waals surface area contributed by atoms with Crippen LogP contribution in [0.1, 0.15) is 30.1 Å². The molecular weight excluding hydrogens is 436 g/mol. The Labute approximate surface area is 171 Å². The fourth-order valence-corrected chi connectivity index (χ4v) is 2.62. The summed E-state index contributed by atoms with van der Waals surface area (Å²) < 4.78 is 11.6. The molecule has 0 radical (unpaired) electrons. The highest BCUT2D eigenvalue weighted by Crippen LogP contribution is 2.26. The highest BCUT2D eigenvalue weighted by atomic mass is 79.9. The van der Waals surface area contributed by atoms with Gasteiger partial charge in [0.25, 0.3) is 11.8 Å². The highest BCUT2D eigenvalue weighted by Gasteiger charge is 2.11. The van der Waals surface area contributed by atoms with Gasteiger partial charge >= 0.3 is 0 Å². The van der Waals surface area contributed by atoms with E-state index < -0.39 is 11.8 Å². The lowest BCUT2D eigenvalue weighted by atomic mass is 10.2. The van der Waals surface area contributed by atoms with Crippen LogP contribution in [0.3, 0.4) is 0 Å². The lowest BCUT2D eigenvalue weighted by Gasteiger charge is -2.11. The maximum absolute atomic E-state index is 12.1. The number of hydrogen-bond acceptors (Lipinski definition) is 4. The molecule has 0 bridgehead atoms. The third-order valence-corrected chi connectivity index (χ3v) is 4.32. The molecule has 2 rings (SSSR count). The van der Waals surface area contributed by atoms with Crippen LogP contribution in [0.25, 0.3) is 0 Å². The minimum atomic E-state index is -0.489. The minimum absolute atomic E-state index is 0.240. The van der Waals surface area contributed by atoms with Crippen LogP contribution in [-0.2, 0) is 4.79 Å². The third-order valence-electron chi connectivity index (χ3n) is 3.45. The van der Waals surface area contributed by atoms with Gasteiger partial charge in [0.05, 0.1) is 11.1 Å². The molecular formula is C19H20BrClN2O4. The maximum atomic E-state index is 12.1. The van der Waals surface area contributed by atoms with Gasteiger partial charge < -0.3 is 9.47 Å². The Morgan fingerprint density at radius 2 is 1.81 bits per heavy atom. The summed E-state index contributed by atoms with van der Waals surface area (Å²) in [5.41, 5.74) is 5.02. The van der Waals surface area contributed by atoms with Gasteiger partial charge in [-0.2, -0.15) is 0 Å². The third kappa shape index (κ3) is 7.11. The first kappa shape index (κ1) is 21.1. The van der Waals surface area contributed by atoms with Crippen molar-refractivity contribution in [3.8, 4) is 11.5 Å². The lowest BCUT2D eigenvalue weighted by Crippen LogP contribution is -2.43. The molecule has 144 valence electrons. The van der Waals surface area contributed by atoms with E-state index in [9.17, 15) is 9.59 Å². The number of carbonyl (C=O) groups excluding carboxylic acids is 2. The van der Waals surface area contributed by atoms with Gasteiger partial charge in [-0.3, -0.25) is 20.4 Å². The van der Waals surface area contributed by atoms with Gasteiger partial charge in [0.1, 0.15) is 11.5 Å². The van der Waals surface area contributed by atoms with Crippen molar-refractivity contribution in [2.75, 3.05) is 13.2 Å². The predicted molar refractivity (Wildman–Crippen MR) is 107 cm³/mol. The largest absolute Gasteiger partial charge is 0.492 e. The number of hydrogen-bond donors (Lipinski definition) is 2. The standard InChI is InChI=1S/C19H20BrClN2O4/c1-2-3-10-26-17-9-4-13(11-16(17)20)19(25)23-22-18(24)12-27-15-7-5-14(21)6-8-15/h4-9,11H,2-3,10,12H2,1H3,(H,22,24)(H,23,25). The van der Waals surface area contributed by atoms with E-state index in [1.165, 1.54) is 0 Å². The Balaban J connectivity index is 1.79. The van der Waals surface area contributed by atoms with Gasteiger partial charge in [0, 0.05) is 10.6 Å². The van der Waals surface area contributed by atoms with E-state index in [2.05, 4.69) is 33.7 Å². The first-order valence-corrected chi connectivity index (χ1v) is 9.56. The lowest BCUT2D eigenvalue weighted by molar-refractivity contribution is -0.123. The van der Waals surface area contributed by atoms with Crippen LogP contribution < -0.4 is 20.3 Å². The van der Waals surface area contributed by atoms with Crippen LogP contribution in [0.5, 0.6) is 11.5 Å². The summed E-state index contributed by atoms with van der Waals surface area (Å²) in [7, 11) is 0. The molecule has 0 unspecified atom stereocenters. The SMILES string of the molecule is CCCCOc1ccc(C(=O)NNC(=O)COc2ccc(Cl)cc2)cc1Br. The molecule has 0 heterocycles. The summed E-state index contributed by atoms with van der Waals surface area (Å²) in [6, 6.07) is 11.6. The number of benzene rings is 2. The molecule has 0 atom stereocenters. The van der Waals surface area contributed by atoms with Crippen molar-refractivity contribution in [3.63, 3.8) is 0 Å². The molecule has 2 aromatic carbocycles. The first-order chi connectivity index (χ1) is 13.0. The second-order valence-corrected chi connectivity index (χ2v) is 6.88. The number of amides is 2. The van der Waals surface area contributed by atoms with Gasteiger partial charge in [-0.1, -0.05) is 24.9 Å². The molecule has 0 aliphatic rings. The fourth-order valence-electron chi connectivity index (χ4n) is 2.00. The second kappa shape index (κ2) is 10.8. The monoisotopic (exact) mass is 454 g/mol. The van der Waals surface area contributed by atoms with E-state index >= 15 is 0 Å². The average molecular weight is 456 g/mol. The smallest absolute Gasteiger partial charge is 0.276 e. The van der Waals surface area contributed by atoms with Crippen LogP contribution in [0.15, 0.2) is 46.9 Å². The van der Waals surface area contributed by atoms with E-state index in [4.69, 9.17) is 21.1 Å². The van der Waals surface area contributed by atoms with Gasteiger partial charge in [0.15, 0.2) is 6.61 Å². The summed E-state index contributed by atoms with van der Waals surface area (Å²) in [6.45, 7) is 2.46. The minimum Gasteiger partial charge on any atom is -0.492 e. The Hall–Kier alpha value is -2.25. The Bertz CT molecular complexity index is 784. The van der Waals surface area contributed by atoms with Crippen LogP contribution in [0, 0.1) is 0 Å². The van der Waals surface area contributed by atoms with E-state index in [0.717, 1.165) is 12.8 Å². The number of halogens is 2. The van der Waals surface area contributed by atoms with Crippen molar-refractivity contribution in [2.45, 2.75) is 19.8 Å². The van der Waals surface area contributed by atoms with Crippen molar-refractivity contribution < 1.29 is 19.1 Å². The van der Waals surface area contributed by atoms with Crippen LogP contribution in [0.4, 0.5) is 0 Å². The van der Waals surface area contributed by atoms with Crippen molar-refractivity contribution >= 4 is 39.3 Å². The van der Waals surface area contributed by atoms with Crippen LogP contribution in [0.2, 0.25) is 5.02 Å². The normalized spacial score (nSPS) is 10.2. The zero-order chi connectivity index (χ0) is 19.6. The molecule has 8 heteroatoms. The predicted octanol–water partition coefficient (Wildman–Crippen LogP) is 4.12. The topological polar surface area (TPSA) is 76.7 Å². The molecule has 0 saturated carbocycles. The molecule has 0 aliphatic heterocycles. The summed E-state index contributed by atoms with van der Waals surface area (Å²) in [6.07, 6.45) is 2.00. The van der Waals surface area contributed by atoms with Gasteiger partial charge in [-0.15, -0.1) is 0 Å². The highest BCUT2D eigenvalue weighted by molar-refractivity contribution is 9.10. The molecule has 2 N–H and O–H groups in total. The number of rotatable bonds is 8. The number of hydrazine groups is 1. The molecule has 2 amide bonds. The molecule has 27 heavy (non-hydrogen) atoms. The molecule has 0 spiro atoms. The van der Waals surface area contributed by atoms with Crippen molar-refractivity contribution in [1.82, 2.24) is 10.9 Å². The zero-order valence-corrected chi connectivity index (χ0v) is 17.1. The van der Waals surface area contributed by atoms with Crippen molar-refractivity contribution in [2.24, 2.45) is 0 Å². The second-order valence-electron chi connectivity index (χ2n) is 5.59. The number of ether oxygens (including phenoxy) is 2. The van der Waals surface area contributed by atoms with Gasteiger partial charge in [0.2, 0.25) is 0 Å². The van der Waals surface area contributed by atoms with E-state index in [-0.39, 0.29) is 6.61 Å². The summed E-state index contributed by atoms with van der Waals surface area (Å²) in [5.74, 6) is 0.233.